The lowest BCUT2D eigenvalue weighted by Gasteiger charge is -2.20. The molecular weight excluding hydrogens is 206 g/mol. The molecule has 0 bridgehead atoms. The monoisotopic (exact) mass is 225 g/mol. The topological polar surface area (TPSA) is 67.3 Å². The molecule has 1 aromatic heterocycles. The number of aryl methyl sites for hydroxylation is 1. The fourth-order valence-electron chi connectivity index (χ4n) is 1.30. The van der Waals surface area contributed by atoms with Crippen molar-refractivity contribution in [2.24, 2.45) is 5.92 Å². The van der Waals surface area contributed by atoms with Crippen LogP contribution in [0.1, 0.15) is 19.5 Å². The minimum atomic E-state index is -0.0495. The van der Waals surface area contributed by atoms with Crippen molar-refractivity contribution < 1.29 is 9.84 Å². The Labute approximate surface area is 95.9 Å². The Morgan fingerprint density at radius 3 is 2.62 bits per heavy atom. The van der Waals surface area contributed by atoms with Crippen LogP contribution in [0, 0.1) is 12.8 Å². The summed E-state index contributed by atoms with van der Waals surface area (Å²) in [5.74, 6) is 1.32. The van der Waals surface area contributed by atoms with Gasteiger partial charge in [0.05, 0.1) is 19.8 Å². The van der Waals surface area contributed by atoms with Crippen molar-refractivity contribution >= 4 is 5.95 Å². The third kappa shape index (κ3) is 3.34. The van der Waals surface area contributed by atoms with Crippen LogP contribution in [0.15, 0.2) is 6.07 Å². The largest absolute Gasteiger partial charge is 0.481 e. The lowest BCUT2D eigenvalue weighted by atomic mass is 10.1. The number of ether oxygens (including phenoxy) is 1. The van der Waals surface area contributed by atoms with Gasteiger partial charge in [-0.1, -0.05) is 13.8 Å². The second-order valence-electron chi connectivity index (χ2n) is 4.05. The lowest BCUT2D eigenvalue weighted by Crippen LogP contribution is -2.30. The number of anilines is 1. The molecule has 0 radical (unpaired) electrons. The zero-order chi connectivity index (χ0) is 12.1. The predicted octanol–water partition coefficient (Wildman–Crippen LogP) is 1.22. The maximum absolute atomic E-state index is 9.20. The van der Waals surface area contributed by atoms with E-state index in [0.29, 0.717) is 17.7 Å². The van der Waals surface area contributed by atoms with Gasteiger partial charge in [0.2, 0.25) is 11.8 Å². The highest BCUT2D eigenvalue weighted by Crippen LogP contribution is 2.13. The van der Waals surface area contributed by atoms with Crippen molar-refractivity contribution in [3.05, 3.63) is 11.8 Å². The first-order valence-electron chi connectivity index (χ1n) is 5.34. The van der Waals surface area contributed by atoms with Crippen molar-refractivity contribution in [1.82, 2.24) is 9.97 Å². The summed E-state index contributed by atoms with van der Waals surface area (Å²) in [6.45, 7) is 5.98. The number of aliphatic hydroxyl groups excluding tert-OH is 1. The highest BCUT2D eigenvalue weighted by molar-refractivity contribution is 5.31. The fraction of sp³-hybridized carbons (Fsp3) is 0.636. The summed E-state index contributed by atoms with van der Waals surface area (Å²) in [7, 11) is 1.57. The molecule has 1 aromatic rings. The number of rotatable bonds is 5. The van der Waals surface area contributed by atoms with Crippen molar-refractivity contribution in [3.63, 3.8) is 0 Å². The molecule has 5 nitrogen and oxygen atoms in total. The number of methoxy groups -OCH3 is 1. The van der Waals surface area contributed by atoms with Crippen molar-refractivity contribution in [2.45, 2.75) is 26.8 Å². The number of hydrogen-bond acceptors (Lipinski definition) is 5. The Morgan fingerprint density at radius 2 is 2.12 bits per heavy atom. The van der Waals surface area contributed by atoms with E-state index in [9.17, 15) is 5.11 Å². The average molecular weight is 225 g/mol. The van der Waals surface area contributed by atoms with Gasteiger partial charge in [0.15, 0.2) is 0 Å². The third-order valence-electron chi connectivity index (χ3n) is 2.36. The number of aliphatic hydroxyl groups is 1. The molecule has 1 rings (SSSR count). The molecule has 0 aliphatic heterocycles. The van der Waals surface area contributed by atoms with Crippen molar-refractivity contribution in [3.8, 4) is 5.88 Å². The van der Waals surface area contributed by atoms with Crippen LogP contribution in [-0.2, 0) is 0 Å². The lowest BCUT2D eigenvalue weighted by molar-refractivity contribution is 0.248. The van der Waals surface area contributed by atoms with Crippen LogP contribution < -0.4 is 10.1 Å². The molecule has 90 valence electrons. The summed E-state index contributed by atoms with van der Waals surface area (Å²) in [5.41, 5.74) is 0.829. The summed E-state index contributed by atoms with van der Waals surface area (Å²) >= 11 is 0. The molecule has 1 heterocycles. The van der Waals surface area contributed by atoms with Gasteiger partial charge in [-0.15, -0.1) is 0 Å². The molecule has 2 N–H and O–H groups in total. The van der Waals surface area contributed by atoms with Crippen molar-refractivity contribution in [1.29, 1.82) is 0 Å². The minimum absolute atomic E-state index is 0.0495. The van der Waals surface area contributed by atoms with Gasteiger partial charge in [-0.05, 0) is 12.8 Å². The Hall–Kier alpha value is -1.36. The molecule has 0 aliphatic carbocycles. The van der Waals surface area contributed by atoms with Gasteiger partial charge in [0, 0.05) is 11.8 Å². The molecule has 0 saturated heterocycles. The molecule has 0 amide bonds. The van der Waals surface area contributed by atoms with E-state index in [0.717, 1.165) is 5.69 Å². The SMILES string of the molecule is COc1cc(C)nc(N[C@H](CO)C(C)C)n1. The molecule has 0 fully saturated rings. The smallest absolute Gasteiger partial charge is 0.226 e. The molecule has 0 unspecified atom stereocenters. The maximum Gasteiger partial charge on any atom is 0.226 e. The molecule has 5 heteroatoms. The number of nitrogens with zero attached hydrogens (tertiary/aromatic N) is 2. The Bertz CT molecular complexity index is 342. The fourth-order valence-corrected chi connectivity index (χ4v) is 1.30. The van der Waals surface area contributed by atoms with E-state index < -0.39 is 0 Å². The van der Waals surface area contributed by atoms with E-state index in [4.69, 9.17) is 4.74 Å². The normalized spacial score (nSPS) is 12.6. The molecular formula is C11H19N3O2. The van der Waals surface area contributed by atoms with E-state index in [1.807, 2.05) is 20.8 Å². The second-order valence-corrected chi connectivity index (χ2v) is 4.05. The first-order valence-corrected chi connectivity index (χ1v) is 5.34. The maximum atomic E-state index is 9.20. The van der Waals surface area contributed by atoms with E-state index in [1.54, 1.807) is 13.2 Å². The van der Waals surface area contributed by atoms with Gasteiger partial charge < -0.3 is 15.2 Å². The van der Waals surface area contributed by atoms with Crippen LogP contribution in [0.25, 0.3) is 0 Å². The van der Waals surface area contributed by atoms with Crippen LogP contribution in [0.5, 0.6) is 5.88 Å². The summed E-state index contributed by atoms with van der Waals surface area (Å²) in [4.78, 5) is 8.41. The zero-order valence-corrected chi connectivity index (χ0v) is 10.2. The van der Waals surface area contributed by atoms with Crippen LogP contribution >= 0.6 is 0 Å². The Morgan fingerprint density at radius 1 is 1.44 bits per heavy atom. The molecule has 0 aromatic carbocycles. The summed E-state index contributed by atoms with van der Waals surface area (Å²) in [5, 5.41) is 12.3. The Kier molecular flexibility index (Phi) is 4.49. The van der Waals surface area contributed by atoms with Crippen molar-refractivity contribution in [2.75, 3.05) is 19.0 Å². The quantitative estimate of drug-likeness (QED) is 0.788. The summed E-state index contributed by atoms with van der Waals surface area (Å²) in [6, 6.07) is 1.71. The van der Waals surface area contributed by atoms with Crippen LogP contribution in [-0.4, -0.2) is 34.8 Å². The van der Waals surface area contributed by atoms with E-state index in [1.165, 1.54) is 0 Å². The molecule has 0 spiro atoms. The molecule has 0 aliphatic rings. The van der Waals surface area contributed by atoms with Crippen LogP contribution in [0.4, 0.5) is 5.95 Å². The molecule has 16 heavy (non-hydrogen) atoms. The van der Waals surface area contributed by atoms with Gasteiger partial charge in [-0.25, -0.2) is 4.98 Å². The van der Waals surface area contributed by atoms with E-state index in [-0.39, 0.29) is 12.6 Å². The third-order valence-corrected chi connectivity index (χ3v) is 2.36. The molecule has 1 atom stereocenters. The van der Waals surface area contributed by atoms with Gasteiger partial charge in [-0.2, -0.15) is 4.98 Å². The minimum Gasteiger partial charge on any atom is -0.481 e. The zero-order valence-electron chi connectivity index (χ0n) is 10.2. The van der Waals surface area contributed by atoms with Gasteiger partial charge in [0.25, 0.3) is 0 Å². The Balaban J connectivity index is 2.83. The number of hydrogen-bond donors (Lipinski definition) is 2. The first kappa shape index (κ1) is 12.7. The van der Waals surface area contributed by atoms with Crippen LogP contribution in [0.3, 0.4) is 0 Å². The standard InChI is InChI=1S/C11H19N3O2/c1-7(2)9(6-15)13-11-12-8(3)5-10(14-11)16-4/h5,7,9,15H,6H2,1-4H3,(H,12,13,14)/t9-/m1/s1. The average Bonchev–Trinajstić information content (AvgIpc) is 2.24. The van der Waals surface area contributed by atoms with Gasteiger partial charge >= 0.3 is 0 Å². The van der Waals surface area contributed by atoms with Gasteiger partial charge in [0.1, 0.15) is 0 Å². The predicted molar refractivity (Wildman–Crippen MR) is 62.7 cm³/mol. The highest BCUT2D eigenvalue weighted by Gasteiger charge is 2.13. The second kappa shape index (κ2) is 5.65. The van der Waals surface area contributed by atoms with E-state index >= 15 is 0 Å². The number of aromatic nitrogens is 2. The summed E-state index contributed by atoms with van der Waals surface area (Å²) in [6.07, 6.45) is 0. The van der Waals surface area contributed by atoms with Gasteiger partial charge in [-0.3, -0.25) is 0 Å². The highest BCUT2D eigenvalue weighted by atomic mass is 16.5. The van der Waals surface area contributed by atoms with E-state index in [2.05, 4.69) is 15.3 Å². The molecule has 0 saturated carbocycles. The number of nitrogens with one attached hydrogen (secondary N) is 1. The van der Waals surface area contributed by atoms with Crippen LogP contribution in [0.2, 0.25) is 0 Å². The first-order chi connectivity index (χ1) is 7.56. The summed E-state index contributed by atoms with van der Waals surface area (Å²) < 4.78 is 5.06.